The van der Waals surface area contributed by atoms with Crippen LogP contribution in [0.15, 0.2) is 12.3 Å². The lowest BCUT2D eigenvalue weighted by Crippen LogP contribution is -2.38. The Bertz CT molecular complexity index is 581. The quantitative estimate of drug-likeness (QED) is 0.853. The van der Waals surface area contributed by atoms with E-state index in [9.17, 15) is 4.79 Å². The predicted molar refractivity (Wildman–Crippen MR) is 68.9 cm³/mol. The van der Waals surface area contributed by atoms with Crippen LogP contribution in [0.1, 0.15) is 29.7 Å². The van der Waals surface area contributed by atoms with Crippen LogP contribution in [-0.2, 0) is 4.74 Å². The number of methoxy groups -OCH3 is 1. The first kappa shape index (κ1) is 13.4. The molecular formula is C12H17N5O2. The molecule has 2 heterocycles. The van der Waals surface area contributed by atoms with Crippen molar-refractivity contribution in [2.75, 3.05) is 13.7 Å². The number of hydrogen-bond acceptors (Lipinski definition) is 5. The van der Waals surface area contributed by atoms with E-state index in [0.29, 0.717) is 12.4 Å². The van der Waals surface area contributed by atoms with Gasteiger partial charge in [0.15, 0.2) is 0 Å². The van der Waals surface area contributed by atoms with Crippen molar-refractivity contribution in [1.82, 2.24) is 24.9 Å². The van der Waals surface area contributed by atoms with Crippen LogP contribution in [0.2, 0.25) is 0 Å². The number of amides is 1. The van der Waals surface area contributed by atoms with E-state index in [4.69, 9.17) is 4.74 Å². The van der Waals surface area contributed by atoms with Crippen LogP contribution < -0.4 is 5.32 Å². The zero-order valence-corrected chi connectivity index (χ0v) is 11.3. The van der Waals surface area contributed by atoms with Crippen LogP contribution in [0.25, 0.3) is 5.78 Å². The van der Waals surface area contributed by atoms with E-state index in [0.717, 1.165) is 12.1 Å². The highest BCUT2D eigenvalue weighted by molar-refractivity contribution is 5.91. The smallest absolute Gasteiger partial charge is 0.289 e. The van der Waals surface area contributed by atoms with Gasteiger partial charge in [-0.1, -0.05) is 6.92 Å². The second-order valence-corrected chi connectivity index (χ2v) is 4.30. The van der Waals surface area contributed by atoms with Crippen molar-refractivity contribution in [2.24, 2.45) is 0 Å². The molecule has 102 valence electrons. The summed E-state index contributed by atoms with van der Waals surface area (Å²) in [5, 5.41) is 10.6. The van der Waals surface area contributed by atoms with Gasteiger partial charge in [0.2, 0.25) is 5.82 Å². The Labute approximate surface area is 111 Å². The third-order valence-corrected chi connectivity index (χ3v) is 2.82. The van der Waals surface area contributed by atoms with Gasteiger partial charge in [-0.3, -0.25) is 9.20 Å². The van der Waals surface area contributed by atoms with Gasteiger partial charge in [0.25, 0.3) is 11.7 Å². The minimum absolute atomic E-state index is 0.0387. The zero-order chi connectivity index (χ0) is 13.8. The number of nitrogens with one attached hydrogen (secondary N) is 1. The molecule has 0 aliphatic carbocycles. The normalized spacial score (nSPS) is 12.6. The lowest BCUT2D eigenvalue weighted by atomic mass is 10.2. The lowest BCUT2D eigenvalue weighted by Gasteiger charge is -2.14. The summed E-state index contributed by atoms with van der Waals surface area (Å²) in [4.78, 5) is 16.3. The third-order valence-electron chi connectivity index (χ3n) is 2.82. The minimum atomic E-state index is -0.276. The van der Waals surface area contributed by atoms with Gasteiger partial charge in [0.1, 0.15) is 0 Å². The zero-order valence-electron chi connectivity index (χ0n) is 11.3. The van der Waals surface area contributed by atoms with Gasteiger partial charge >= 0.3 is 0 Å². The molecule has 0 spiro atoms. The molecule has 0 bridgehead atoms. The summed E-state index contributed by atoms with van der Waals surface area (Å²) in [7, 11) is 1.61. The summed E-state index contributed by atoms with van der Waals surface area (Å²) in [6, 6.07) is 1.77. The van der Waals surface area contributed by atoms with Gasteiger partial charge < -0.3 is 10.1 Å². The van der Waals surface area contributed by atoms with Crippen LogP contribution in [0, 0.1) is 6.92 Å². The van der Waals surface area contributed by atoms with Gasteiger partial charge in [-0.15, -0.1) is 10.2 Å². The monoisotopic (exact) mass is 263 g/mol. The number of nitrogens with zero attached hydrogens (tertiary/aromatic N) is 4. The largest absolute Gasteiger partial charge is 0.383 e. The fraction of sp³-hybridized carbons (Fsp3) is 0.500. The van der Waals surface area contributed by atoms with E-state index in [2.05, 4.69) is 20.5 Å². The SMILES string of the molecule is CC[C@H](COC)NC(=O)c1nnc2nc(C)ccn12. The standard InChI is InChI=1S/C12H17N5O2/c1-4-9(7-19-3)14-11(18)10-15-16-12-13-8(2)5-6-17(10)12/h5-6,9H,4,7H2,1-3H3,(H,14,18)/t9-/m1/s1. The number of fused-ring (bicyclic) bond motifs is 1. The second kappa shape index (κ2) is 5.75. The van der Waals surface area contributed by atoms with E-state index in [-0.39, 0.29) is 17.8 Å². The second-order valence-electron chi connectivity index (χ2n) is 4.30. The van der Waals surface area contributed by atoms with Crippen molar-refractivity contribution in [3.05, 3.63) is 23.8 Å². The third kappa shape index (κ3) is 2.87. The summed E-state index contributed by atoms with van der Waals surface area (Å²) in [6.07, 6.45) is 2.53. The van der Waals surface area contributed by atoms with E-state index in [1.54, 1.807) is 23.8 Å². The molecule has 7 nitrogen and oxygen atoms in total. The van der Waals surface area contributed by atoms with Crippen molar-refractivity contribution < 1.29 is 9.53 Å². The highest BCUT2D eigenvalue weighted by atomic mass is 16.5. The van der Waals surface area contributed by atoms with E-state index in [1.165, 1.54) is 0 Å². The topological polar surface area (TPSA) is 81.4 Å². The summed E-state index contributed by atoms with van der Waals surface area (Å²) >= 11 is 0. The van der Waals surface area contributed by atoms with Gasteiger partial charge in [-0.05, 0) is 19.4 Å². The molecule has 2 aromatic rings. The number of hydrogen-bond donors (Lipinski definition) is 1. The summed E-state index contributed by atoms with van der Waals surface area (Å²) < 4.78 is 6.62. The highest BCUT2D eigenvalue weighted by Gasteiger charge is 2.18. The molecule has 0 aliphatic rings. The van der Waals surface area contributed by atoms with E-state index >= 15 is 0 Å². The van der Waals surface area contributed by atoms with Crippen LogP contribution >= 0.6 is 0 Å². The Hall–Kier alpha value is -2.02. The molecule has 7 heteroatoms. The summed E-state index contributed by atoms with van der Waals surface area (Å²) in [6.45, 7) is 4.31. The molecule has 0 saturated carbocycles. The van der Waals surface area contributed by atoms with Crippen molar-refractivity contribution in [3.63, 3.8) is 0 Å². The first-order chi connectivity index (χ1) is 9.15. The van der Waals surface area contributed by atoms with Crippen molar-refractivity contribution >= 4 is 11.7 Å². The van der Waals surface area contributed by atoms with Gasteiger partial charge in [-0.25, -0.2) is 4.98 Å². The van der Waals surface area contributed by atoms with Gasteiger partial charge in [0.05, 0.1) is 12.6 Å². The first-order valence-electron chi connectivity index (χ1n) is 6.14. The van der Waals surface area contributed by atoms with Crippen molar-refractivity contribution in [2.45, 2.75) is 26.3 Å². The van der Waals surface area contributed by atoms with Gasteiger partial charge in [0, 0.05) is 19.0 Å². The van der Waals surface area contributed by atoms with Crippen LogP contribution in [0.3, 0.4) is 0 Å². The predicted octanol–water partition coefficient (Wildman–Crippen LogP) is 0.588. The number of carbonyl (C=O) groups is 1. The molecule has 0 radical (unpaired) electrons. The Morgan fingerprint density at radius 3 is 3.00 bits per heavy atom. The number of aryl methyl sites for hydroxylation is 1. The fourth-order valence-corrected chi connectivity index (χ4v) is 1.74. The highest BCUT2D eigenvalue weighted by Crippen LogP contribution is 2.03. The Morgan fingerprint density at radius 2 is 2.32 bits per heavy atom. The lowest BCUT2D eigenvalue weighted by molar-refractivity contribution is 0.0883. The number of rotatable bonds is 5. The molecular weight excluding hydrogens is 246 g/mol. The Morgan fingerprint density at radius 1 is 1.53 bits per heavy atom. The summed E-state index contributed by atoms with van der Waals surface area (Å²) in [5.41, 5.74) is 0.831. The Balaban J connectivity index is 2.21. The maximum absolute atomic E-state index is 12.1. The molecule has 0 fully saturated rings. The molecule has 0 aliphatic heterocycles. The van der Waals surface area contributed by atoms with E-state index in [1.807, 2.05) is 13.8 Å². The molecule has 1 atom stereocenters. The molecule has 1 amide bonds. The maximum atomic E-state index is 12.1. The van der Waals surface area contributed by atoms with E-state index < -0.39 is 0 Å². The van der Waals surface area contributed by atoms with Crippen molar-refractivity contribution in [1.29, 1.82) is 0 Å². The first-order valence-corrected chi connectivity index (χ1v) is 6.14. The molecule has 0 saturated heterocycles. The minimum Gasteiger partial charge on any atom is -0.383 e. The molecule has 1 N–H and O–H groups in total. The average Bonchev–Trinajstić information content (AvgIpc) is 2.80. The van der Waals surface area contributed by atoms with Crippen LogP contribution in [0.5, 0.6) is 0 Å². The Kier molecular flexibility index (Phi) is 4.06. The average molecular weight is 263 g/mol. The summed E-state index contributed by atoms with van der Waals surface area (Å²) in [5.74, 6) is 0.379. The molecule has 2 rings (SSSR count). The van der Waals surface area contributed by atoms with Crippen LogP contribution in [-0.4, -0.2) is 45.2 Å². The van der Waals surface area contributed by atoms with Crippen molar-refractivity contribution in [3.8, 4) is 0 Å². The molecule has 19 heavy (non-hydrogen) atoms. The number of aromatic nitrogens is 4. The molecule has 2 aromatic heterocycles. The number of carbonyl (C=O) groups excluding carboxylic acids is 1. The number of ether oxygens (including phenoxy) is 1. The molecule has 0 unspecified atom stereocenters. The fourth-order valence-electron chi connectivity index (χ4n) is 1.74. The maximum Gasteiger partial charge on any atom is 0.289 e. The van der Waals surface area contributed by atoms with Crippen LogP contribution in [0.4, 0.5) is 0 Å². The molecule has 0 aromatic carbocycles. The van der Waals surface area contributed by atoms with Gasteiger partial charge in [-0.2, -0.15) is 0 Å².